The van der Waals surface area contributed by atoms with Crippen LogP contribution >= 0.6 is 0 Å². The summed E-state index contributed by atoms with van der Waals surface area (Å²) in [5.41, 5.74) is 0.234. The second-order valence-corrected chi connectivity index (χ2v) is 2.80. The van der Waals surface area contributed by atoms with Gasteiger partial charge in [-0.25, -0.2) is 10.7 Å². The number of phenolic OH excluding ortho intramolecular Hbond substituents is 1. The van der Waals surface area contributed by atoms with Crippen LogP contribution in [0.25, 0.3) is 0 Å². The number of hydrogen-bond donors (Lipinski definition) is 3. The van der Waals surface area contributed by atoms with Crippen LogP contribution in [-0.2, 0) is 11.4 Å². The standard InChI is InChI=1S/C9H11NO5/c1-14-8-3-7(11)5(4-15-10)2-6(8)9(12)13/h2-3,11H,4,10H2,1H3,(H,12,13). The van der Waals surface area contributed by atoms with Crippen molar-refractivity contribution in [2.45, 2.75) is 6.61 Å². The molecule has 0 aromatic heterocycles. The Bertz CT molecular complexity index is 377. The van der Waals surface area contributed by atoms with Crippen molar-refractivity contribution >= 4 is 5.97 Å². The largest absolute Gasteiger partial charge is 0.507 e. The molecule has 6 nitrogen and oxygen atoms in total. The van der Waals surface area contributed by atoms with Crippen LogP contribution in [0.1, 0.15) is 15.9 Å². The molecule has 0 heterocycles. The average molecular weight is 213 g/mol. The number of methoxy groups -OCH3 is 1. The molecule has 0 spiro atoms. The minimum absolute atomic E-state index is 0.0534. The molecule has 1 aromatic rings. The fraction of sp³-hybridized carbons (Fsp3) is 0.222. The molecule has 0 fully saturated rings. The van der Waals surface area contributed by atoms with Crippen LogP contribution in [0.3, 0.4) is 0 Å². The number of aromatic hydroxyl groups is 1. The first-order valence-corrected chi connectivity index (χ1v) is 4.05. The summed E-state index contributed by atoms with van der Waals surface area (Å²) in [7, 11) is 1.32. The maximum Gasteiger partial charge on any atom is 0.339 e. The molecule has 0 unspecified atom stereocenters. The van der Waals surface area contributed by atoms with Crippen LogP contribution in [-0.4, -0.2) is 23.3 Å². The van der Waals surface area contributed by atoms with Gasteiger partial charge in [0.25, 0.3) is 0 Å². The van der Waals surface area contributed by atoms with Crippen molar-refractivity contribution in [2.24, 2.45) is 5.90 Å². The Balaban J connectivity index is 3.23. The van der Waals surface area contributed by atoms with Gasteiger partial charge < -0.3 is 14.9 Å². The number of carboxylic acid groups (broad SMARTS) is 1. The molecule has 6 heteroatoms. The highest BCUT2D eigenvalue weighted by Crippen LogP contribution is 2.28. The summed E-state index contributed by atoms with van der Waals surface area (Å²) >= 11 is 0. The summed E-state index contributed by atoms with van der Waals surface area (Å²) in [5, 5.41) is 18.3. The summed E-state index contributed by atoms with van der Waals surface area (Å²) in [4.78, 5) is 15.1. The minimum Gasteiger partial charge on any atom is -0.507 e. The number of benzene rings is 1. The first kappa shape index (κ1) is 11.3. The van der Waals surface area contributed by atoms with Crippen molar-refractivity contribution in [3.05, 3.63) is 23.3 Å². The molecule has 4 N–H and O–H groups in total. The molecule has 1 aromatic carbocycles. The quantitative estimate of drug-likeness (QED) is 0.629. The van der Waals surface area contributed by atoms with E-state index in [1.54, 1.807) is 0 Å². The van der Waals surface area contributed by atoms with E-state index in [2.05, 4.69) is 4.84 Å². The Morgan fingerprint density at radius 3 is 2.67 bits per heavy atom. The Hall–Kier alpha value is -1.79. The molecule has 15 heavy (non-hydrogen) atoms. The van der Waals surface area contributed by atoms with Crippen molar-refractivity contribution in [1.82, 2.24) is 0 Å². The molecule has 0 radical (unpaired) electrons. The predicted octanol–water partition coefficient (Wildman–Crippen LogP) is 0.489. The fourth-order valence-corrected chi connectivity index (χ4v) is 1.16. The molecule has 0 saturated carbocycles. The van der Waals surface area contributed by atoms with Gasteiger partial charge in [0.2, 0.25) is 0 Å². The molecule has 0 aliphatic rings. The zero-order chi connectivity index (χ0) is 11.4. The van der Waals surface area contributed by atoms with E-state index in [0.717, 1.165) is 0 Å². The summed E-state index contributed by atoms with van der Waals surface area (Å²) in [5.74, 6) is 3.65. The van der Waals surface area contributed by atoms with Gasteiger partial charge in [-0.15, -0.1) is 0 Å². The Morgan fingerprint density at radius 1 is 1.53 bits per heavy atom. The van der Waals surface area contributed by atoms with Crippen molar-refractivity contribution in [1.29, 1.82) is 0 Å². The third kappa shape index (κ3) is 2.36. The Morgan fingerprint density at radius 2 is 2.20 bits per heavy atom. The van der Waals surface area contributed by atoms with Crippen molar-refractivity contribution < 1.29 is 24.6 Å². The van der Waals surface area contributed by atoms with E-state index >= 15 is 0 Å². The van der Waals surface area contributed by atoms with E-state index in [1.165, 1.54) is 19.2 Å². The highest BCUT2D eigenvalue weighted by atomic mass is 16.6. The van der Waals surface area contributed by atoms with Crippen LogP contribution in [0.4, 0.5) is 0 Å². The lowest BCUT2D eigenvalue weighted by Crippen LogP contribution is -2.04. The number of hydrogen-bond acceptors (Lipinski definition) is 5. The Kier molecular flexibility index (Phi) is 3.48. The summed E-state index contributed by atoms with van der Waals surface area (Å²) in [6.45, 7) is -0.0733. The molecular formula is C9H11NO5. The van der Waals surface area contributed by atoms with Crippen LogP contribution in [0.15, 0.2) is 12.1 Å². The van der Waals surface area contributed by atoms with E-state index < -0.39 is 5.97 Å². The summed E-state index contributed by atoms with van der Waals surface area (Å²) in [6.07, 6.45) is 0. The zero-order valence-corrected chi connectivity index (χ0v) is 8.06. The van der Waals surface area contributed by atoms with Gasteiger partial charge in [0, 0.05) is 11.6 Å². The SMILES string of the molecule is COc1cc(O)c(CON)cc1C(=O)O. The second kappa shape index (κ2) is 4.63. The fourth-order valence-electron chi connectivity index (χ4n) is 1.16. The lowest BCUT2D eigenvalue weighted by atomic mass is 10.1. The molecule has 0 saturated heterocycles. The van der Waals surface area contributed by atoms with Gasteiger partial charge in [0.15, 0.2) is 0 Å². The van der Waals surface area contributed by atoms with E-state index in [1.807, 2.05) is 0 Å². The smallest absolute Gasteiger partial charge is 0.339 e. The minimum atomic E-state index is -1.15. The molecular weight excluding hydrogens is 202 g/mol. The number of carbonyl (C=O) groups is 1. The number of aromatic carboxylic acids is 1. The molecule has 0 bridgehead atoms. The van der Waals surface area contributed by atoms with E-state index in [0.29, 0.717) is 0 Å². The molecule has 0 amide bonds. The zero-order valence-electron chi connectivity index (χ0n) is 8.06. The van der Waals surface area contributed by atoms with Gasteiger partial charge in [0.05, 0.1) is 13.7 Å². The summed E-state index contributed by atoms with van der Waals surface area (Å²) in [6, 6.07) is 2.46. The highest BCUT2D eigenvalue weighted by molar-refractivity contribution is 5.91. The molecule has 0 aliphatic heterocycles. The van der Waals surface area contributed by atoms with Crippen LogP contribution in [0, 0.1) is 0 Å². The number of nitrogens with two attached hydrogens (primary N) is 1. The van der Waals surface area contributed by atoms with Gasteiger partial charge >= 0.3 is 5.97 Å². The third-order valence-corrected chi connectivity index (χ3v) is 1.87. The predicted molar refractivity (Wildman–Crippen MR) is 50.6 cm³/mol. The second-order valence-electron chi connectivity index (χ2n) is 2.80. The van der Waals surface area contributed by atoms with Gasteiger partial charge in [-0.2, -0.15) is 0 Å². The normalized spacial score (nSPS) is 10.0. The van der Waals surface area contributed by atoms with E-state index in [-0.39, 0.29) is 29.2 Å². The number of rotatable bonds is 4. The van der Waals surface area contributed by atoms with Crippen molar-refractivity contribution in [2.75, 3.05) is 7.11 Å². The molecule has 0 atom stereocenters. The molecule has 0 aliphatic carbocycles. The van der Waals surface area contributed by atoms with Gasteiger partial charge in [0.1, 0.15) is 17.1 Å². The van der Waals surface area contributed by atoms with Crippen molar-refractivity contribution in [3.63, 3.8) is 0 Å². The lowest BCUT2D eigenvalue weighted by molar-refractivity contribution is 0.0692. The van der Waals surface area contributed by atoms with Gasteiger partial charge in [-0.1, -0.05) is 0 Å². The van der Waals surface area contributed by atoms with Gasteiger partial charge in [-0.05, 0) is 6.07 Å². The van der Waals surface area contributed by atoms with E-state index in [4.69, 9.17) is 15.7 Å². The molecule has 82 valence electrons. The maximum atomic E-state index is 10.8. The van der Waals surface area contributed by atoms with E-state index in [9.17, 15) is 9.90 Å². The Labute approximate surface area is 85.8 Å². The number of ether oxygens (including phenoxy) is 1. The average Bonchev–Trinajstić information content (AvgIpc) is 2.20. The molecule has 1 rings (SSSR count). The van der Waals surface area contributed by atoms with Crippen LogP contribution < -0.4 is 10.6 Å². The van der Waals surface area contributed by atoms with Crippen molar-refractivity contribution in [3.8, 4) is 11.5 Å². The summed E-state index contributed by atoms with van der Waals surface area (Å²) < 4.78 is 4.81. The lowest BCUT2D eigenvalue weighted by Gasteiger charge is -2.09. The van der Waals surface area contributed by atoms with Crippen LogP contribution in [0.2, 0.25) is 0 Å². The number of carboxylic acids is 1. The topological polar surface area (TPSA) is 102 Å². The monoisotopic (exact) mass is 213 g/mol. The first-order valence-electron chi connectivity index (χ1n) is 4.05. The van der Waals surface area contributed by atoms with Crippen LogP contribution in [0.5, 0.6) is 11.5 Å². The highest BCUT2D eigenvalue weighted by Gasteiger charge is 2.15. The third-order valence-electron chi connectivity index (χ3n) is 1.87. The number of phenols is 1. The maximum absolute atomic E-state index is 10.8. The van der Waals surface area contributed by atoms with Gasteiger partial charge in [-0.3, -0.25) is 4.84 Å². The first-order chi connectivity index (χ1) is 7.10.